The fourth-order valence-corrected chi connectivity index (χ4v) is 2.73. The van der Waals surface area contributed by atoms with Gasteiger partial charge in [-0.2, -0.15) is 8.78 Å². The number of thioether (sulfide) groups is 1. The van der Waals surface area contributed by atoms with E-state index in [1.165, 1.54) is 19.1 Å². The molecule has 0 fully saturated rings. The molecule has 0 aromatic heterocycles. The highest BCUT2D eigenvalue weighted by molar-refractivity contribution is 8.00. The van der Waals surface area contributed by atoms with Crippen LogP contribution in [-0.4, -0.2) is 26.0 Å². The van der Waals surface area contributed by atoms with Crippen LogP contribution in [0.3, 0.4) is 0 Å². The highest BCUT2D eigenvalue weighted by Gasteiger charge is 2.21. The first-order valence-electron chi connectivity index (χ1n) is 5.12. The molecule has 0 bridgehead atoms. The molecule has 0 spiro atoms. The molecular formula is C10H14F2N2O2S2. The molecule has 1 atom stereocenters. The van der Waals surface area contributed by atoms with E-state index < -0.39 is 21.0 Å². The van der Waals surface area contributed by atoms with Gasteiger partial charge in [0.1, 0.15) is 0 Å². The monoisotopic (exact) mass is 296 g/mol. The molecule has 1 rings (SSSR count). The summed E-state index contributed by atoms with van der Waals surface area (Å²) < 4.78 is 50.5. The maximum Gasteiger partial charge on any atom is 0.288 e. The van der Waals surface area contributed by atoms with Crippen molar-refractivity contribution in [1.82, 2.24) is 0 Å². The largest absolute Gasteiger partial charge is 0.329 e. The van der Waals surface area contributed by atoms with Crippen molar-refractivity contribution < 1.29 is 17.2 Å². The molecule has 18 heavy (non-hydrogen) atoms. The molecule has 102 valence electrons. The van der Waals surface area contributed by atoms with E-state index in [1.807, 2.05) is 0 Å². The minimum Gasteiger partial charge on any atom is -0.329 e. The van der Waals surface area contributed by atoms with Crippen LogP contribution in [0.2, 0.25) is 0 Å². The average molecular weight is 296 g/mol. The normalized spacial score (nSPS) is 13.6. The zero-order valence-electron chi connectivity index (χ0n) is 9.64. The van der Waals surface area contributed by atoms with Crippen LogP contribution >= 0.6 is 11.8 Å². The second-order valence-corrected chi connectivity index (χ2v) is 6.70. The first kappa shape index (κ1) is 15.2. The van der Waals surface area contributed by atoms with Gasteiger partial charge in [0.15, 0.2) is 0 Å². The Labute approximate surface area is 109 Å². The van der Waals surface area contributed by atoms with Crippen molar-refractivity contribution >= 4 is 27.5 Å². The Balaban J connectivity index is 2.97. The van der Waals surface area contributed by atoms with E-state index in [0.29, 0.717) is 11.8 Å². The fraction of sp³-hybridized carbons (Fsp3) is 0.400. The molecule has 0 aliphatic carbocycles. The molecule has 0 amide bonds. The SMILES string of the molecule is CC(CN)S(=O)(=O)Nc1ccccc1SC(F)F. The van der Waals surface area contributed by atoms with Gasteiger partial charge in [-0.15, -0.1) is 0 Å². The first-order chi connectivity index (χ1) is 8.36. The molecule has 0 saturated carbocycles. The number of nitrogens with two attached hydrogens (primary N) is 1. The van der Waals surface area contributed by atoms with Crippen LogP contribution in [0.5, 0.6) is 0 Å². The number of benzene rings is 1. The van der Waals surface area contributed by atoms with Gasteiger partial charge in [0, 0.05) is 11.4 Å². The molecule has 0 aliphatic heterocycles. The molecule has 1 unspecified atom stereocenters. The molecule has 0 saturated heterocycles. The van der Waals surface area contributed by atoms with Crippen LogP contribution in [0.15, 0.2) is 29.2 Å². The summed E-state index contributed by atoms with van der Waals surface area (Å²) in [4.78, 5) is 0.181. The summed E-state index contributed by atoms with van der Waals surface area (Å²) in [6.07, 6.45) is 0. The standard InChI is InChI=1S/C10H14F2N2O2S2/c1-7(6-13)18(15,16)14-8-4-2-3-5-9(8)17-10(11)12/h2-5,7,10,14H,6,13H2,1H3. The van der Waals surface area contributed by atoms with Crippen molar-refractivity contribution in [2.45, 2.75) is 22.8 Å². The molecule has 1 aromatic rings. The van der Waals surface area contributed by atoms with Gasteiger partial charge in [-0.3, -0.25) is 4.72 Å². The Kier molecular flexibility index (Phi) is 5.36. The van der Waals surface area contributed by atoms with Gasteiger partial charge in [-0.1, -0.05) is 23.9 Å². The minimum atomic E-state index is -3.65. The maximum atomic E-state index is 12.3. The molecule has 0 radical (unpaired) electrons. The number of rotatable bonds is 6. The summed E-state index contributed by atoms with van der Waals surface area (Å²) >= 11 is 0.294. The van der Waals surface area contributed by atoms with E-state index in [1.54, 1.807) is 12.1 Å². The van der Waals surface area contributed by atoms with E-state index in [9.17, 15) is 17.2 Å². The number of anilines is 1. The second-order valence-electron chi connectivity index (χ2n) is 3.57. The Morgan fingerprint density at radius 2 is 2.00 bits per heavy atom. The van der Waals surface area contributed by atoms with Crippen LogP contribution in [-0.2, 0) is 10.0 Å². The van der Waals surface area contributed by atoms with Crippen LogP contribution in [0.1, 0.15) is 6.92 Å². The third-order valence-electron chi connectivity index (χ3n) is 2.22. The summed E-state index contributed by atoms with van der Waals surface area (Å²) in [5.74, 6) is -2.61. The predicted octanol–water partition coefficient (Wildman–Crippen LogP) is 2.09. The molecule has 1 aromatic carbocycles. The van der Waals surface area contributed by atoms with E-state index in [0.717, 1.165) is 0 Å². The van der Waals surface area contributed by atoms with Crippen molar-refractivity contribution in [1.29, 1.82) is 0 Å². The lowest BCUT2D eigenvalue weighted by Gasteiger charge is -2.15. The Morgan fingerprint density at radius 1 is 1.39 bits per heavy atom. The molecular weight excluding hydrogens is 282 g/mol. The third-order valence-corrected chi connectivity index (χ3v) is 4.76. The van der Waals surface area contributed by atoms with Crippen molar-refractivity contribution in [3.63, 3.8) is 0 Å². The Hall–Kier alpha value is -0.860. The van der Waals surface area contributed by atoms with Crippen molar-refractivity contribution in [3.05, 3.63) is 24.3 Å². The number of halogens is 2. The van der Waals surface area contributed by atoms with Crippen molar-refractivity contribution in [3.8, 4) is 0 Å². The average Bonchev–Trinajstić information content (AvgIpc) is 2.29. The summed E-state index contributed by atoms with van der Waals surface area (Å²) in [7, 11) is -3.65. The Bertz CT molecular complexity index is 494. The fourth-order valence-electron chi connectivity index (χ4n) is 1.13. The van der Waals surface area contributed by atoms with Gasteiger partial charge < -0.3 is 5.73 Å². The summed E-state index contributed by atoms with van der Waals surface area (Å²) in [6, 6.07) is 6.00. The molecule has 4 nitrogen and oxygen atoms in total. The van der Waals surface area contributed by atoms with E-state index >= 15 is 0 Å². The van der Waals surface area contributed by atoms with Crippen molar-refractivity contribution in [2.24, 2.45) is 5.73 Å². The second kappa shape index (κ2) is 6.35. The van der Waals surface area contributed by atoms with Crippen LogP contribution < -0.4 is 10.5 Å². The molecule has 0 aliphatic rings. The number of para-hydroxylation sites is 1. The highest BCUT2D eigenvalue weighted by atomic mass is 32.2. The zero-order chi connectivity index (χ0) is 13.8. The van der Waals surface area contributed by atoms with Gasteiger partial charge in [0.05, 0.1) is 10.9 Å². The van der Waals surface area contributed by atoms with E-state index in [-0.39, 0.29) is 17.1 Å². The topological polar surface area (TPSA) is 72.2 Å². The summed E-state index contributed by atoms with van der Waals surface area (Å²) in [6.45, 7) is 1.41. The summed E-state index contributed by atoms with van der Waals surface area (Å²) in [5, 5.41) is -0.790. The predicted molar refractivity (Wildman–Crippen MR) is 69.4 cm³/mol. The molecule has 3 N–H and O–H groups in total. The van der Waals surface area contributed by atoms with Crippen molar-refractivity contribution in [2.75, 3.05) is 11.3 Å². The number of nitrogens with one attached hydrogen (secondary N) is 1. The maximum absolute atomic E-state index is 12.3. The molecule has 0 heterocycles. The minimum absolute atomic E-state index is 0.0422. The molecule has 8 heteroatoms. The van der Waals surface area contributed by atoms with Gasteiger partial charge in [0.2, 0.25) is 10.0 Å². The first-order valence-corrected chi connectivity index (χ1v) is 7.55. The van der Waals surface area contributed by atoms with Crippen LogP contribution in [0, 0.1) is 0 Å². The number of sulfonamides is 1. The quantitative estimate of drug-likeness (QED) is 0.788. The van der Waals surface area contributed by atoms with E-state index in [4.69, 9.17) is 5.73 Å². The number of alkyl halides is 2. The van der Waals surface area contributed by atoms with Gasteiger partial charge >= 0.3 is 0 Å². The zero-order valence-corrected chi connectivity index (χ0v) is 11.3. The Morgan fingerprint density at radius 3 is 2.56 bits per heavy atom. The van der Waals surface area contributed by atoms with Gasteiger partial charge in [-0.05, 0) is 19.1 Å². The van der Waals surface area contributed by atoms with Crippen LogP contribution in [0.25, 0.3) is 0 Å². The number of hydrogen-bond acceptors (Lipinski definition) is 4. The van der Waals surface area contributed by atoms with Crippen LogP contribution in [0.4, 0.5) is 14.5 Å². The highest BCUT2D eigenvalue weighted by Crippen LogP contribution is 2.32. The number of hydrogen-bond donors (Lipinski definition) is 2. The smallest absolute Gasteiger partial charge is 0.288 e. The third kappa shape index (κ3) is 4.11. The van der Waals surface area contributed by atoms with Gasteiger partial charge in [0.25, 0.3) is 5.76 Å². The lowest BCUT2D eigenvalue weighted by molar-refractivity contribution is 0.252. The lowest BCUT2D eigenvalue weighted by atomic mass is 10.3. The summed E-state index contributed by atoms with van der Waals surface area (Å²) in [5.41, 5.74) is 5.43. The van der Waals surface area contributed by atoms with E-state index in [2.05, 4.69) is 4.72 Å². The lowest BCUT2D eigenvalue weighted by Crippen LogP contribution is -2.31. The van der Waals surface area contributed by atoms with Gasteiger partial charge in [-0.25, -0.2) is 8.42 Å².